The van der Waals surface area contributed by atoms with E-state index >= 15 is 0 Å². The van der Waals surface area contributed by atoms with E-state index in [1.54, 1.807) is 12.1 Å². The monoisotopic (exact) mass is 255 g/mol. The van der Waals surface area contributed by atoms with Crippen LogP contribution in [0.2, 0.25) is 5.02 Å². The Morgan fingerprint density at radius 2 is 2.18 bits per heavy atom. The van der Waals surface area contributed by atoms with Crippen molar-refractivity contribution < 1.29 is 9.53 Å². The zero-order valence-electron chi connectivity index (χ0n) is 10.5. The van der Waals surface area contributed by atoms with Gasteiger partial charge in [0.2, 0.25) is 0 Å². The number of carbonyl (C=O) groups is 1. The van der Waals surface area contributed by atoms with Gasteiger partial charge in [-0.3, -0.25) is 4.79 Å². The second-order valence-corrected chi connectivity index (χ2v) is 4.25. The summed E-state index contributed by atoms with van der Waals surface area (Å²) in [5.74, 6) is 0.0235. The van der Waals surface area contributed by atoms with Crippen LogP contribution in [0.25, 0.3) is 0 Å². The fraction of sp³-hybridized carbons (Fsp3) is 0.462. The molecule has 1 aromatic carbocycles. The van der Waals surface area contributed by atoms with Crippen molar-refractivity contribution >= 4 is 23.1 Å². The van der Waals surface area contributed by atoms with Gasteiger partial charge in [0, 0.05) is 25.8 Å². The van der Waals surface area contributed by atoms with E-state index in [9.17, 15) is 4.79 Å². The first kappa shape index (κ1) is 14.0. The van der Waals surface area contributed by atoms with Gasteiger partial charge in [-0.2, -0.15) is 0 Å². The number of Topliss-reactive ketones (excluding diaryl/α,β-unsaturated/α-hetero) is 1. The molecule has 0 radical (unpaired) electrons. The number of ether oxygens (including phenoxy) is 1. The number of nitrogens with zero attached hydrogens (tertiary/aromatic N) is 1. The van der Waals surface area contributed by atoms with Crippen LogP contribution in [-0.2, 0) is 4.74 Å². The molecule has 0 atom stereocenters. The van der Waals surface area contributed by atoms with E-state index in [1.165, 1.54) is 6.92 Å². The molecule has 0 unspecified atom stereocenters. The predicted molar refractivity (Wildman–Crippen MR) is 71.2 cm³/mol. The Morgan fingerprint density at radius 3 is 2.71 bits per heavy atom. The van der Waals surface area contributed by atoms with Gasteiger partial charge in [0.25, 0.3) is 0 Å². The van der Waals surface area contributed by atoms with E-state index < -0.39 is 0 Å². The molecule has 4 heteroatoms. The van der Waals surface area contributed by atoms with Crippen LogP contribution in [0.5, 0.6) is 0 Å². The number of hydrogen-bond acceptors (Lipinski definition) is 3. The molecule has 0 amide bonds. The Balaban J connectivity index is 2.74. The van der Waals surface area contributed by atoms with Crippen LogP contribution in [0.4, 0.5) is 5.69 Å². The van der Waals surface area contributed by atoms with Crippen molar-refractivity contribution in [3.63, 3.8) is 0 Å². The number of ketones is 1. The number of hydrogen-bond donors (Lipinski definition) is 0. The molecule has 0 aromatic heterocycles. The van der Waals surface area contributed by atoms with Gasteiger partial charge in [0.05, 0.1) is 17.3 Å². The van der Waals surface area contributed by atoms with Crippen molar-refractivity contribution in [3.05, 3.63) is 28.8 Å². The predicted octanol–water partition coefficient (Wildman–Crippen LogP) is 3.02. The summed E-state index contributed by atoms with van der Waals surface area (Å²) in [6.07, 6.45) is 0. The van der Waals surface area contributed by atoms with Crippen LogP contribution in [-0.4, -0.2) is 32.6 Å². The number of halogens is 1. The standard InChI is InChI=1S/C13H18ClNO2/c1-4-17-8-7-15(3)13-6-5-11(10(2)16)9-12(13)14/h5-6,9H,4,7-8H2,1-3H3. The van der Waals surface area contributed by atoms with Crippen LogP contribution in [0.1, 0.15) is 24.2 Å². The van der Waals surface area contributed by atoms with Gasteiger partial charge in [-0.25, -0.2) is 0 Å². The van der Waals surface area contributed by atoms with Crippen molar-refractivity contribution in [3.8, 4) is 0 Å². The molecule has 0 heterocycles. The number of benzene rings is 1. The maximum atomic E-state index is 11.2. The van der Waals surface area contributed by atoms with Crippen LogP contribution < -0.4 is 4.90 Å². The third kappa shape index (κ3) is 4.02. The molecule has 1 rings (SSSR count). The summed E-state index contributed by atoms with van der Waals surface area (Å²) in [6, 6.07) is 5.36. The van der Waals surface area contributed by atoms with Gasteiger partial charge in [-0.05, 0) is 32.0 Å². The first-order valence-electron chi connectivity index (χ1n) is 5.65. The zero-order valence-corrected chi connectivity index (χ0v) is 11.3. The topological polar surface area (TPSA) is 29.5 Å². The molecule has 3 nitrogen and oxygen atoms in total. The number of anilines is 1. The second-order valence-electron chi connectivity index (χ2n) is 3.84. The molecule has 0 bridgehead atoms. The quantitative estimate of drug-likeness (QED) is 0.578. The summed E-state index contributed by atoms with van der Waals surface area (Å²) in [5.41, 5.74) is 1.55. The minimum Gasteiger partial charge on any atom is -0.380 e. The van der Waals surface area contributed by atoms with E-state index in [1.807, 2.05) is 24.9 Å². The van der Waals surface area contributed by atoms with Crippen LogP contribution in [0.15, 0.2) is 18.2 Å². The number of rotatable bonds is 6. The highest BCUT2D eigenvalue weighted by molar-refractivity contribution is 6.33. The molecule has 0 aliphatic carbocycles. The van der Waals surface area contributed by atoms with E-state index in [0.29, 0.717) is 23.8 Å². The summed E-state index contributed by atoms with van der Waals surface area (Å²) in [5, 5.41) is 0.594. The average Bonchev–Trinajstić information content (AvgIpc) is 2.28. The van der Waals surface area contributed by atoms with Crippen LogP contribution in [0.3, 0.4) is 0 Å². The number of carbonyl (C=O) groups excluding carboxylic acids is 1. The smallest absolute Gasteiger partial charge is 0.159 e. The molecule has 0 spiro atoms. The van der Waals surface area contributed by atoms with Gasteiger partial charge in [0.15, 0.2) is 5.78 Å². The van der Waals surface area contributed by atoms with E-state index in [2.05, 4.69) is 0 Å². The lowest BCUT2D eigenvalue weighted by Crippen LogP contribution is -2.22. The molecule has 0 aliphatic rings. The minimum absolute atomic E-state index is 0.0235. The molecule has 0 saturated heterocycles. The Kier molecular flexibility index (Phi) is 5.45. The summed E-state index contributed by atoms with van der Waals surface area (Å²) < 4.78 is 5.29. The lowest BCUT2D eigenvalue weighted by atomic mass is 10.1. The Labute approximate surface area is 107 Å². The molecular formula is C13H18ClNO2. The normalized spacial score (nSPS) is 10.4. The lowest BCUT2D eigenvalue weighted by Gasteiger charge is -2.20. The molecule has 94 valence electrons. The Hall–Kier alpha value is -1.06. The molecule has 0 N–H and O–H groups in total. The third-order valence-electron chi connectivity index (χ3n) is 2.54. The second kappa shape index (κ2) is 6.62. The van der Waals surface area contributed by atoms with Gasteiger partial charge >= 0.3 is 0 Å². The van der Waals surface area contributed by atoms with E-state index in [0.717, 1.165) is 12.2 Å². The van der Waals surface area contributed by atoms with Crippen molar-refractivity contribution in [2.24, 2.45) is 0 Å². The molecule has 0 aliphatic heterocycles. The largest absolute Gasteiger partial charge is 0.380 e. The van der Waals surface area contributed by atoms with Gasteiger partial charge in [-0.1, -0.05) is 11.6 Å². The Bertz CT molecular complexity index is 393. The van der Waals surface area contributed by atoms with E-state index in [4.69, 9.17) is 16.3 Å². The zero-order chi connectivity index (χ0) is 12.8. The fourth-order valence-electron chi connectivity index (χ4n) is 1.50. The summed E-state index contributed by atoms with van der Waals surface area (Å²) in [6.45, 7) is 5.65. The fourth-order valence-corrected chi connectivity index (χ4v) is 1.83. The SMILES string of the molecule is CCOCCN(C)c1ccc(C(C)=O)cc1Cl. The summed E-state index contributed by atoms with van der Waals surface area (Å²) >= 11 is 6.15. The van der Waals surface area contributed by atoms with Crippen LogP contribution in [0, 0.1) is 0 Å². The molecule has 1 aromatic rings. The highest BCUT2D eigenvalue weighted by atomic mass is 35.5. The maximum Gasteiger partial charge on any atom is 0.159 e. The van der Waals surface area contributed by atoms with Crippen molar-refractivity contribution in [1.29, 1.82) is 0 Å². The number of likely N-dealkylation sites (N-methyl/N-ethyl adjacent to an activating group) is 1. The molecule has 0 fully saturated rings. The molecular weight excluding hydrogens is 238 g/mol. The van der Waals surface area contributed by atoms with E-state index in [-0.39, 0.29) is 5.78 Å². The average molecular weight is 256 g/mol. The lowest BCUT2D eigenvalue weighted by molar-refractivity contribution is 0.101. The van der Waals surface area contributed by atoms with Gasteiger partial charge in [-0.15, -0.1) is 0 Å². The summed E-state index contributed by atoms with van der Waals surface area (Å²) in [7, 11) is 1.95. The Morgan fingerprint density at radius 1 is 1.47 bits per heavy atom. The third-order valence-corrected chi connectivity index (χ3v) is 2.84. The highest BCUT2D eigenvalue weighted by Crippen LogP contribution is 2.26. The minimum atomic E-state index is 0.0235. The maximum absolute atomic E-state index is 11.2. The highest BCUT2D eigenvalue weighted by Gasteiger charge is 2.08. The molecule has 17 heavy (non-hydrogen) atoms. The summed E-state index contributed by atoms with van der Waals surface area (Å²) in [4.78, 5) is 13.2. The van der Waals surface area contributed by atoms with Crippen molar-refractivity contribution in [2.45, 2.75) is 13.8 Å². The van der Waals surface area contributed by atoms with Gasteiger partial charge < -0.3 is 9.64 Å². The first-order chi connectivity index (χ1) is 8.06. The first-order valence-corrected chi connectivity index (χ1v) is 6.03. The van der Waals surface area contributed by atoms with Gasteiger partial charge in [0.1, 0.15) is 0 Å². The van der Waals surface area contributed by atoms with Crippen LogP contribution >= 0.6 is 11.6 Å². The molecule has 0 saturated carbocycles. The van der Waals surface area contributed by atoms with Crippen molar-refractivity contribution in [1.82, 2.24) is 0 Å². The van der Waals surface area contributed by atoms with Crippen molar-refractivity contribution in [2.75, 3.05) is 31.7 Å².